The summed E-state index contributed by atoms with van der Waals surface area (Å²) in [5.41, 5.74) is 0.524. The Labute approximate surface area is 133 Å². The first-order valence-corrected chi connectivity index (χ1v) is 8.67. The van der Waals surface area contributed by atoms with Gasteiger partial charge in [-0.3, -0.25) is 0 Å². The normalized spacial score (nSPS) is 12.5. The molecule has 0 unspecified atom stereocenters. The van der Waals surface area contributed by atoms with Crippen molar-refractivity contribution in [3.8, 4) is 0 Å². The number of hydrogen-bond donors (Lipinski definition) is 0. The van der Waals surface area contributed by atoms with Crippen LogP contribution in [0.2, 0.25) is 0 Å². The third kappa shape index (κ3) is 3.37. The van der Waals surface area contributed by atoms with Crippen LogP contribution in [0.15, 0.2) is 74.3 Å². The lowest BCUT2D eigenvalue weighted by Crippen LogP contribution is -2.17. The van der Waals surface area contributed by atoms with E-state index in [1.54, 1.807) is 54.6 Å². The average molecular weight is 327 g/mol. The molecule has 0 aliphatic heterocycles. The van der Waals surface area contributed by atoms with Crippen LogP contribution in [-0.4, -0.2) is 20.4 Å². The smallest absolute Gasteiger partial charge is 0.345 e. The van der Waals surface area contributed by atoms with Gasteiger partial charge in [0.25, 0.3) is 10.0 Å². The summed E-state index contributed by atoms with van der Waals surface area (Å²) in [7, 11) is -3.68. The maximum absolute atomic E-state index is 12.3. The Balaban J connectivity index is 2.32. The first-order chi connectivity index (χ1) is 10.9. The average Bonchev–Trinajstić information content (AvgIpc) is 2.52. The Morgan fingerprint density at radius 3 is 2.35 bits per heavy atom. The van der Waals surface area contributed by atoms with Crippen LogP contribution >= 0.6 is 0 Å². The molecule has 0 bridgehead atoms. The predicted molar refractivity (Wildman–Crippen MR) is 89.4 cm³/mol. The topological polar surface area (TPSA) is 76.7 Å². The maximum Gasteiger partial charge on any atom is 0.345 e. The fourth-order valence-electron chi connectivity index (χ4n) is 2.25. The van der Waals surface area contributed by atoms with Gasteiger partial charge in [-0.25, -0.2) is 13.2 Å². The minimum Gasteiger partial charge on any atom is -0.422 e. The number of para-hydroxylation sites is 1. The first-order valence-electron chi connectivity index (χ1n) is 6.83. The Morgan fingerprint density at radius 1 is 1.00 bits per heavy atom. The lowest BCUT2D eigenvalue weighted by molar-refractivity contribution is 0.559. The Bertz CT molecular complexity index is 1050. The van der Waals surface area contributed by atoms with Crippen molar-refractivity contribution in [2.24, 2.45) is 4.40 Å². The van der Waals surface area contributed by atoms with Crippen molar-refractivity contribution in [3.63, 3.8) is 0 Å². The number of nitrogens with zero attached hydrogens (tertiary/aromatic N) is 1. The van der Waals surface area contributed by atoms with Crippen molar-refractivity contribution >= 4 is 26.7 Å². The molecular weight excluding hydrogens is 314 g/mol. The van der Waals surface area contributed by atoms with Crippen LogP contribution in [0.25, 0.3) is 11.0 Å². The van der Waals surface area contributed by atoms with Gasteiger partial charge in [-0.2, -0.15) is 4.40 Å². The van der Waals surface area contributed by atoms with E-state index in [1.807, 2.05) is 6.07 Å². The molecule has 0 amide bonds. The van der Waals surface area contributed by atoms with Gasteiger partial charge in [-0.05, 0) is 12.1 Å². The zero-order valence-electron chi connectivity index (χ0n) is 12.3. The summed E-state index contributed by atoms with van der Waals surface area (Å²) in [6.45, 7) is 0. The number of sulfonamides is 1. The monoisotopic (exact) mass is 327 g/mol. The summed E-state index contributed by atoms with van der Waals surface area (Å²) in [5, 5.41) is 0.694. The van der Waals surface area contributed by atoms with Gasteiger partial charge < -0.3 is 4.42 Å². The van der Waals surface area contributed by atoms with Crippen molar-refractivity contribution < 1.29 is 12.8 Å². The molecule has 0 fully saturated rings. The van der Waals surface area contributed by atoms with E-state index in [2.05, 4.69) is 4.40 Å². The summed E-state index contributed by atoms with van der Waals surface area (Å²) in [6, 6.07) is 17.3. The summed E-state index contributed by atoms with van der Waals surface area (Å²) in [5.74, 6) is 0. The van der Waals surface area contributed by atoms with E-state index in [0.29, 0.717) is 16.5 Å². The van der Waals surface area contributed by atoms with Crippen molar-refractivity contribution in [1.29, 1.82) is 0 Å². The molecule has 0 saturated heterocycles. The Morgan fingerprint density at radius 2 is 1.65 bits per heavy atom. The minimum absolute atomic E-state index is 0.0765. The molecule has 1 heterocycles. The Kier molecular flexibility index (Phi) is 3.83. The van der Waals surface area contributed by atoms with E-state index in [1.165, 1.54) is 0 Å². The van der Waals surface area contributed by atoms with Gasteiger partial charge in [0.15, 0.2) is 0 Å². The molecule has 0 saturated carbocycles. The largest absolute Gasteiger partial charge is 0.422 e. The third-order valence-electron chi connectivity index (χ3n) is 3.20. The van der Waals surface area contributed by atoms with E-state index in [9.17, 15) is 13.2 Å². The molecule has 0 aliphatic rings. The molecule has 3 rings (SSSR count). The van der Waals surface area contributed by atoms with Crippen molar-refractivity contribution in [2.75, 3.05) is 6.26 Å². The second-order valence-corrected chi connectivity index (χ2v) is 6.67. The number of hydrogen-bond acceptors (Lipinski definition) is 4. The summed E-state index contributed by atoms with van der Waals surface area (Å²) in [6.07, 6.45) is 0.985. The van der Waals surface area contributed by atoms with Crippen LogP contribution in [0.4, 0.5) is 0 Å². The minimum atomic E-state index is -3.68. The maximum atomic E-state index is 12.3. The molecule has 1 aromatic heterocycles. The molecule has 0 radical (unpaired) electrons. The van der Waals surface area contributed by atoms with Crippen LogP contribution in [-0.2, 0) is 10.0 Å². The second-order valence-electron chi connectivity index (χ2n) is 5.02. The molecule has 0 spiro atoms. The number of benzene rings is 2. The van der Waals surface area contributed by atoms with Crippen LogP contribution in [0.5, 0.6) is 0 Å². The van der Waals surface area contributed by atoms with Gasteiger partial charge in [0.2, 0.25) is 0 Å². The molecule has 116 valence electrons. The fraction of sp³-hybridized carbons (Fsp3) is 0.0588. The van der Waals surface area contributed by atoms with Gasteiger partial charge in [0.1, 0.15) is 5.58 Å². The summed E-state index contributed by atoms with van der Waals surface area (Å²) in [4.78, 5) is 12.3. The Hall–Kier alpha value is -2.73. The predicted octanol–water partition coefficient (Wildman–Crippen LogP) is 2.59. The van der Waals surface area contributed by atoms with E-state index in [4.69, 9.17) is 4.42 Å². The SMILES string of the molecule is CS(=O)(=O)/N=C(/c1ccccc1)c1cc2ccccc2oc1=O. The van der Waals surface area contributed by atoms with E-state index in [-0.39, 0.29) is 11.3 Å². The fourth-order valence-corrected chi connectivity index (χ4v) is 2.78. The number of rotatable bonds is 3. The van der Waals surface area contributed by atoms with Crippen molar-refractivity contribution in [2.45, 2.75) is 0 Å². The molecule has 0 aliphatic carbocycles. The van der Waals surface area contributed by atoms with Crippen LogP contribution in [0.1, 0.15) is 11.1 Å². The highest BCUT2D eigenvalue weighted by Gasteiger charge is 2.16. The van der Waals surface area contributed by atoms with E-state index in [0.717, 1.165) is 6.26 Å². The lowest BCUT2D eigenvalue weighted by Gasteiger charge is -2.06. The van der Waals surface area contributed by atoms with E-state index < -0.39 is 15.6 Å². The first kappa shape index (κ1) is 15.2. The molecule has 23 heavy (non-hydrogen) atoms. The lowest BCUT2D eigenvalue weighted by atomic mass is 10.0. The van der Waals surface area contributed by atoms with Crippen LogP contribution in [0, 0.1) is 0 Å². The zero-order chi connectivity index (χ0) is 16.4. The molecular formula is C17H13NO4S. The highest BCUT2D eigenvalue weighted by Crippen LogP contribution is 2.16. The van der Waals surface area contributed by atoms with Gasteiger partial charge in [-0.15, -0.1) is 0 Å². The molecule has 6 heteroatoms. The van der Waals surface area contributed by atoms with Gasteiger partial charge in [0.05, 0.1) is 17.5 Å². The molecule has 0 atom stereocenters. The number of fused-ring (bicyclic) bond motifs is 1. The standard InChI is InChI=1S/C17H13NO4S/c1-23(20,21)18-16(12-7-3-2-4-8-12)14-11-13-9-5-6-10-15(13)22-17(14)19/h2-11H,1H3/b18-16-. The van der Waals surface area contributed by atoms with Crippen LogP contribution in [0.3, 0.4) is 0 Å². The second kappa shape index (κ2) is 5.81. The van der Waals surface area contributed by atoms with Gasteiger partial charge in [-0.1, -0.05) is 48.5 Å². The molecule has 5 nitrogen and oxygen atoms in total. The highest BCUT2D eigenvalue weighted by molar-refractivity contribution is 7.89. The van der Waals surface area contributed by atoms with Gasteiger partial charge in [0, 0.05) is 10.9 Å². The zero-order valence-corrected chi connectivity index (χ0v) is 13.1. The molecule has 0 N–H and O–H groups in total. The van der Waals surface area contributed by atoms with Gasteiger partial charge >= 0.3 is 5.63 Å². The van der Waals surface area contributed by atoms with Crippen molar-refractivity contribution in [1.82, 2.24) is 0 Å². The van der Waals surface area contributed by atoms with E-state index >= 15 is 0 Å². The van der Waals surface area contributed by atoms with Crippen molar-refractivity contribution in [3.05, 3.63) is 82.2 Å². The van der Waals surface area contributed by atoms with Crippen LogP contribution < -0.4 is 5.63 Å². The summed E-state index contributed by atoms with van der Waals surface area (Å²) >= 11 is 0. The molecule has 2 aromatic carbocycles. The summed E-state index contributed by atoms with van der Waals surface area (Å²) < 4.78 is 32.3. The highest BCUT2D eigenvalue weighted by atomic mass is 32.2. The quantitative estimate of drug-likeness (QED) is 0.547. The third-order valence-corrected chi connectivity index (χ3v) is 3.72. The molecule has 3 aromatic rings.